The van der Waals surface area contributed by atoms with Crippen LogP contribution in [-0.2, 0) is 4.74 Å². The molecule has 2 heterocycles. The predicted molar refractivity (Wildman–Crippen MR) is 77.6 cm³/mol. The number of aliphatic hydroxyl groups is 1. The summed E-state index contributed by atoms with van der Waals surface area (Å²) in [5.41, 5.74) is 3.59. The molecule has 1 fully saturated rings. The smallest absolute Gasteiger partial charge is 0.148 e. The van der Waals surface area contributed by atoms with Crippen LogP contribution in [0.4, 0.5) is 11.6 Å². The second-order valence-corrected chi connectivity index (χ2v) is 4.99. The zero-order valence-corrected chi connectivity index (χ0v) is 12.1. The predicted octanol–water partition coefficient (Wildman–Crippen LogP) is 0.357. The van der Waals surface area contributed by atoms with Gasteiger partial charge in [-0.1, -0.05) is 0 Å². The Hall–Kier alpha value is -1.44. The monoisotopic (exact) mass is 281 g/mol. The first kappa shape index (κ1) is 15.0. The van der Waals surface area contributed by atoms with E-state index in [0.29, 0.717) is 18.2 Å². The van der Waals surface area contributed by atoms with Gasteiger partial charge in [0.25, 0.3) is 0 Å². The van der Waals surface area contributed by atoms with Gasteiger partial charge < -0.3 is 20.2 Å². The van der Waals surface area contributed by atoms with Crippen LogP contribution in [0.3, 0.4) is 0 Å². The van der Waals surface area contributed by atoms with Gasteiger partial charge in [0.15, 0.2) is 0 Å². The van der Waals surface area contributed by atoms with E-state index in [1.54, 1.807) is 0 Å². The van der Waals surface area contributed by atoms with Crippen LogP contribution < -0.4 is 16.2 Å². The summed E-state index contributed by atoms with van der Waals surface area (Å²) in [4.78, 5) is 11.0. The maximum atomic E-state index is 8.78. The molecule has 1 aromatic rings. The first-order valence-electron chi connectivity index (χ1n) is 6.95. The normalized spacial score (nSPS) is 16.5. The Bertz CT molecular complexity index is 447. The van der Waals surface area contributed by atoms with Crippen LogP contribution >= 0.6 is 0 Å². The summed E-state index contributed by atoms with van der Waals surface area (Å²) in [6, 6.07) is 0. The zero-order chi connectivity index (χ0) is 14.5. The van der Waals surface area contributed by atoms with Gasteiger partial charge in [-0.25, -0.2) is 15.8 Å². The number of hydrogen-bond acceptors (Lipinski definition) is 7. The van der Waals surface area contributed by atoms with Crippen LogP contribution in [0.2, 0.25) is 0 Å². The Labute approximate surface area is 119 Å². The number of nitrogen functional groups attached to an aromatic ring is 1. The van der Waals surface area contributed by atoms with E-state index in [1.807, 2.05) is 13.8 Å². The minimum atomic E-state index is 0.0793. The fraction of sp³-hybridized carbons (Fsp3) is 0.692. The first-order chi connectivity index (χ1) is 9.65. The standard InChI is InChI=1S/C13H23N5O2/c1-9-12(17-14)15-10(2)16-13(9)18-5-3-11(4-6-18)20-8-7-19/h11,19H,3-8,14H2,1-2H3,(H,15,16,17). The fourth-order valence-electron chi connectivity index (χ4n) is 2.52. The van der Waals surface area contributed by atoms with Crippen LogP contribution in [0.25, 0.3) is 0 Å². The number of rotatable bonds is 5. The van der Waals surface area contributed by atoms with Crippen molar-refractivity contribution in [2.75, 3.05) is 36.6 Å². The van der Waals surface area contributed by atoms with Crippen molar-refractivity contribution in [2.45, 2.75) is 32.8 Å². The summed E-state index contributed by atoms with van der Waals surface area (Å²) < 4.78 is 5.57. The van der Waals surface area contributed by atoms with Crippen molar-refractivity contribution in [3.05, 3.63) is 11.4 Å². The summed E-state index contributed by atoms with van der Waals surface area (Å²) >= 11 is 0. The molecule has 20 heavy (non-hydrogen) atoms. The van der Waals surface area contributed by atoms with Crippen molar-refractivity contribution in [3.8, 4) is 0 Å². The lowest BCUT2D eigenvalue weighted by Gasteiger charge is -2.33. The molecule has 0 aliphatic carbocycles. The van der Waals surface area contributed by atoms with Gasteiger partial charge in [-0.05, 0) is 26.7 Å². The van der Waals surface area contributed by atoms with Crippen LogP contribution in [0, 0.1) is 13.8 Å². The van der Waals surface area contributed by atoms with Crippen molar-refractivity contribution in [1.82, 2.24) is 9.97 Å². The van der Waals surface area contributed by atoms with Crippen LogP contribution in [0.15, 0.2) is 0 Å². The summed E-state index contributed by atoms with van der Waals surface area (Å²) in [6.07, 6.45) is 2.11. The molecule has 1 aliphatic rings. The molecule has 1 saturated heterocycles. The number of piperidine rings is 1. The highest BCUT2D eigenvalue weighted by atomic mass is 16.5. The lowest BCUT2D eigenvalue weighted by atomic mass is 10.1. The number of nitrogens with zero attached hydrogens (tertiary/aromatic N) is 3. The Kier molecular flexibility index (Phi) is 5.11. The quantitative estimate of drug-likeness (QED) is 0.529. The molecule has 112 valence electrons. The molecule has 7 heteroatoms. The molecule has 2 rings (SSSR count). The number of aryl methyl sites for hydroxylation is 1. The lowest BCUT2D eigenvalue weighted by Crippen LogP contribution is -2.38. The molecule has 1 aromatic heterocycles. The summed E-state index contributed by atoms with van der Waals surface area (Å²) in [6.45, 7) is 6.10. The van der Waals surface area contributed by atoms with Gasteiger partial charge in [0, 0.05) is 18.7 Å². The van der Waals surface area contributed by atoms with Crippen molar-refractivity contribution in [3.63, 3.8) is 0 Å². The molecule has 0 bridgehead atoms. The zero-order valence-electron chi connectivity index (χ0n) is 12.1. The number of hydrazine groups is 1. The number of nitrogens with two attached hydrogens (primary N) is 1. The van der Waals surface area contributed by atoms with E-state index in [1.165, 1.54) is 0 Å². The maximum Gasteiger partial charge on any atom is 0.148 e. The highest BCUT2D eigenvalue weighted by Crippen LogP contribution is 2.26. The SMILES string of the molecule is Cc1nc(NN)c(C)c(N2CCC(OCCO)CC2)n1. The van der Waals surface area contributed by atoms with Gasteiger partial charge >= 0.3 is 0 Å². The third kappa shape index (κ3) is 3.36. The molecule has 4 N–H and O–H groups in total. The second-order valence-electron chi connectivity index (χ2n) is 4.99. The molecular formula is C13H23N5O2. The largest absolute Gasteiger partial charge is 0.394 e. The molecule has 0 spiro atoms. The van der Waals surface area contributed by atoms with Gasteiger partial charge in [-0.15, -0.1) is 0 Å². The Morgan fingerprint density at radius 1 is 1.35 bits per heavy atom. The van der Waals surface area contributed by atoms with E-state index in [4.69, 9.17) is 15.7 Å². The molecule has 1 aliphatic heterocycles. The number of aromatic nitrogens is 2. The number of aliphatic hydroxyl groups excluding tert-OH is 1. The summed E-state index contributed by atoms with van der Waals surface area (Å²) in [7, 11) is 0. The van der Waals surface area contributed by atoms with E-state index in [2.05, 4.69) is 20.3 Å². The molecule has 0 saturated carbocycles. The van der Waals surface area contributed by atoms with E-state index in [9.17, 15) is 0 Å². The summed E-state index contributed by atoms with van der Waals surface area (Å²) in [5, 5.41) is 8.78. The van der Waals surface area contributed by atoms with Crippen LogP contribution in [0.1, 0.15) is 24.2 Å². The average Bonchev–Trinajstić information content (AvgIpc) is 2.47. The van der Waals surface area contributed by atoms with Gasteiger partial charge in [0.1, 0.15) is 17.5 Å². The fourth-order valence-corrected chi connectivity index (χ4v) is 2.52. The van der Waals surface area contributed by atoms with Gasteiger partial charge in [0.05, 0.1) is 19.3 Å². The summed E-state index contributed by atoms with van der Waals surface area (Å²) in [5.74, 6) is 7.81. The topological polar surface area (TPSA) is 96.5 Å². The van der Waals surface area contributed by atoms with Gasteiger partial charge in [0.2, 0.25) is 0 Å². The number of anilines is 2. The number of nitrogens with one attached hydrogen (secondary N) is 1. The Morgan fingerprint density at radius 2 is 2.05 bits per heavy atom. The van der Waals surface area contributed by atoms with Crippen molar-refractivity contribution in [2.24, 2.45) is 5.84 Å². The number of hydrogen-bond donors (Lipinski definition) is 3. The maximum absolute atomic E-state index is 8.78. The average molecular weight is 281 g/mol. The van der Waals surface area contributed by atoms with Crippen molar-refractivity contribution >= 4 is 11.6 Å². The molecule has 0 unspecified atom stereocenters. The molecule has 0 radical (unpaired) electrons. The Balaban J connectivity index is 2.05. The number of ether oxygens (including phenoxy) is 1. The molecule has 0 amide bonds. The van der Waals surface area contributed by atoms with Gasteiger partial charge in [-0.2, -0.15) is 0 Å². The van der Waals surface area contributed by atoms with E-state index < -0.39 is 0 Å². The molecule has 7 nitrogen and oxygen atoms in total. The first-order valence-corrected chi connectivity index (χ1v) is 6.95. The molecular weight excluding hydrogens is 258 g/mol. The van der Waals surface area contributed by atoms with Crippen LogP contribution in [-0.4, -0.2) is 47.5 Å². The minimum Gasteiger partial charge on any atom is -0.394 e. The van der Waals surface area contributed by atoms with Gasteiger partial charge in [-0.3, -0.25) is 0 Å². The van der Waals surface area contributed by atoms with Crippen molar-refractivity contribution in [1.29, 1.82) is 0 Å². The molecule has 0 aromatic carbocycles. The lowest BCUT2D eigenvalue weighted by molar-refractivity contribution is 0.0158. The third-order valence-electron chi connectivity index (χ3n) is 3.56. The highest BCUT2D eigenvalue weighted by Gasteiger charge is 2.23. The highest BCUT2D eigenvalue weighted by molar-refractivity contribution is 5.58. The Morgan fingerprint density at radius 3 is 2.65 bits per heavy atom. The molecule has 0 atom stereocenters. The van der Waals surface area contributed by atoms with Crippen molar-refractivity contribution < 1.29 is 9.84 Å². The van der Waals surface area contributed by atoms with E-state index >= 15 is 0 Å². The van der Waals surface area contributed by atoms with E-state index in [0.717, 1.165) is 37.3 Å². The second kappa shape index (κ2) is 6.83. The van der Waals surface area contributed by atoms with E-state index in [-0.39, 0.29) is 12.7 Å². The van der Waals surface area contributed by atoms with Crippen LogP contribution in [0.5, 0.6) is 0 Å². The minimum absolute atomic E-state index is 0.0793. The third-order valence-corrected chi connectivity index (χ3v) is 3.56.